The van der Waals surface area contributed by atoms with Crippen LogP contribution in [0.1, 0.15) is 162 Å². The van der Waals surface area contributed by atoms with Gasteiger partial charge < -0.3 is 30.7 Å². The van der Waals surface area contributed by atoms with Crippen LogP contribution in [0.15, 0.2) is 127 Å². The minimum Gasteiger partial charge on any atom is -0.382 e. The van der Waals surface area contributed by atoms with Crippen molar-refractivity contribution in [2.75, 3.05) is 47.0 Å². The maximum Gasteiger partial charge on any atom is 0.393 e. The van der Waals surface area contributed by atoms with Crippen LogP contribution in [-0.2, 0) is 21.4 Å². The van der Waals surface area contributed by atoms with Gasteiger partial charge in [-0.3, -0.25) is 19.2 Å². The molecule has 444 valence electrons. The molecule has 0 aromatic heterocycles. The number of nitrogens with one attached hydrogen (secondary N) is 3. The molecule has 0 bridgehead atoms. The van der Waals surface area contributed by atoms with Crippen molar-refractivity contribution < 1.29 is 41.1 Å². The van der Waals surface area contributed by atoms with Crippen molar-refractivity contribution in [1.29, 1.82) is 0 Å². The highest BCUT2D eigenvalue weighted by Gasteiger charge is 2.48. The number of likely N-dealkylation sites (tertiary alicyclic amines) is 2. The monoisotopic (exact) mass is 1160 g/mol. The summed E-state index contributed by atoms with van der Waals surface area (Å²) in [5.41, 5.74) is 10.4. The molecule has 4 amide bonds. The fourth-order valence-corrected chi connectivity index (χ4v) is 14.2. The minimum atomic E-state index is -4.33. The van der Waals surface area contributed by atoms with Crippen LogP contribution in [0.4, 0.5) is 44.7 Å². The number of amides is 4. The first kappa shape index (κ1) is 58.9. The van der Waals surface area contributed by atoms with E-state index in [2.05, 4.69) is 66.8 Å². The molecule has 5 aliphatic rings. The second kappa shape index (κ2) is 23.9. The fraction of sp³-hybridized carbons (Fsp3) is 0.400. The van der Waals surface area contributed by atoms with Gasteiger partial charge in [0, 0.05) is 60.9 Å². The van der Waals surface area contributed by atoms with Crippen LogP contribution >= 0.6 is 0 Å². The number of fused-ring (bicyclic) bond motifs is 1. The van der Waals surface area contributed by atoms with E-state index in [9.17, 15) is 27.6 Å². The largest absolute Gasteiger partial charge is 0.393 e. The quantitative estimate of drug-likeness (QED) is 0.105. The van der Waals surface area contributed by atoms with Crippen molar-refractivity contribution in [1.82, 2.24) is 9.80 Å². The molecular formula is C70H75F5N6O4. The van der Waals surface area contributed by atoms with Crippen molar-refractivity contribution in [2.45, 2.75) is 135 Å². The van der Waals surface area contributed by atoms with E-state index in [0.717, 1.165) is 46.4 Å². The summed E-state index contributed by atoms with van der Waals surface area (Å²) in [4.78, 5) is 64.6. The lowest BCUT2D eigenvalue weighted by Gasteiger charge is -2.41. The fourth-order valence-electron chi connectivity index (χ4n) is 14.2. The Labute approximate surface area is 495 Å². The summed E-state index contributed by atoms with van der Waals surface area (Å²) in [6.07, 6.45) is 2.28. The summed E-state index contributed by atoms with van der Waals surface area (Å²) >= 11 is 0. The summed E-state index contributed by atoms with van der Waals surface area (Å²) in [7, 11) is 0. The molecule has 4 unspecified atom stereocenters. The molecule has 85 heavy (non-hydrogen) atoms. The zero-order valence-electron chi connectivity index (χ0n) is 49.2. The van der Waals surface area contributed by atoms with Crippen LogP contribution in [0.25, 0.3) is 5.57 Å². The van der Waals surface area contributed by atoms with E-state index in [1.807, 2.05) is 48.5 Å². The summed E-state index contributed by atoms with van der Waals surface area (Å²) in [6.45, 7) is 13.8. The summed E-state index contributed by atoms with van der Waals surface area (Å²) < 4.78 is 73.1. The van der Waals surface area contributed by atoms with E-state index in [-0.39, 0.29) is 47.2 Å². The molecular weight excluding hydrogens is 1080 g/mol. The van der Waals surface area contributed by atoms with E-state index >= 15 is 13.6 Å². The molecule has 2 aliphatic carbocycles. The van der Waals surface area contributed by atoms with Crippen LogP contribution in [0.2, 0.25) is 0 Å². The lowest BCUT2D eigenvalue weighted by molar-refractivity contribution is -0.174. The number of aryl methyl sites for hydroxylation is 2. The van der Waals surface area contributed by atoms with Crippen LogP contribution < -0.4 is 20.9 Å². The number of nitrogens with zero attached hydrogens (tertiary/aromatic N) is 3. The Kier molecular flexibility index (Phi) is 16.6. The third kappa shape index (κ3) is 12.1. The number of allylic oxidation sites excluding steroid dienone is 2. The average molecular weight is 1160 g/mol. The highest BCUT2D eigenvalue weighted by atomic mass is 19.4. The zero-order chi connectivity index (χ0) is 60.1. The predicted octanol–water partition coefficient (Wildman–Crippen LogP) is 15.4. The lowest BCUT2D eigenvalue weighted by Crippen LogP contribution is -2.46. The number of benzene rings is 6. The van der Waals surface area contributed by atoms with Crippen LogP contribution in [0.5, 0.6) is 0 Å². The lowest BCUT2D eigenvalue weighted by atomic mass is 9.82. The Morgan fingerprint density at radius 3 is 1.79 bits per heavy atom. The number of hydrogen-bond acceptors (Lipinski definition) is 6. The Balaban J connectivity index is 0.870. The molecule has 0 radical (unpaired) electrons. The van der Waals surface area contributed by atoms with Crippen LogP contribution in [0.3, 0.4) is 0 Å². The third-order valence-electron chi connectivity index (χ3n) is 18.7. The SMILES string of the molecule is CC1=CCc2c1cc(NC(=O)C1CCCN(C(=O)c3c(C)cccc3F)[C@H]1c1ccc(NC3CCC[C@@H]3C(F)(F)F)cc1)cc2C1CCN(c2cccc([C@H]3C(C(=O)Nc4cccc(C(C)(C)C)c4)CCCN3C(=O)c3c(C)cccc3F)c2)C1. The van der Waals surface area contributed by atoms with Crippen molar-refractivity contribution in [2.24, 2.45) is 17.8 Å². The normalized spacial score (nSPS) is 22.5. The molecule has 10 nitrogen and oxygen atoms in total. The summed E-state index contributed by atoms with van der Waals surface area (Å²) in [5, 5.41) is 9.58. The first-order valence-corrected chi connectivity index (χ1v) is 30.1. The Morgan fingerprint density at radius 2 is 1.18 bits per heavy atom. The molecule has 0 spiro atoms. The van der Waals surface area contributed by atoms with Gasteiger partial charge in [-0.25, -0.2) is 8.78 Å². The molecule has 6 aromatic carbocycles. The van der Waals surface area contributed by atoms with Crippen molar-refractivity contribution in [3.05, 3.63) is 195 Å². The number of carbonyl (C=O) groups is 4. The van der Waals surface area contributed by atoms with Gasteiger partial charge in [-0.1, -0.05) is 93.9 Å². The summed E-state index contributed by atoms with van der Waals surface area (Å²) in [5.74, 6) is -5.62. The van der Waals surface area contributed by atoms with Gasteiger partial charge in [0.2, 0.25) is 11.8 Å². The molecule has 3 heterocycles. The van der Waals surface area contributed by atoms with Crippen molar-refractivity contribution in [3.63, 3.8) is 0 Å². The average Bonchev–Trinajstić information content (AvgIpc) is 2.40. The highest BCUT2D eigenvalue weighted by Crippen LogP contribution is 2.46. The molecule has 7 atom stereocenters. The smallest absolute Gasteiger partial charge is 0.382 e. The second-order valence-corrected chi connectivity index (χ2v) is 25.2. The standard InChI is InChI=1S/C70H75F5N6O4/c1-41-26-31-52-55(41)38-50(78-66(83)53-20-12-33-80(67(84)61-42(2)14-7-23-58(61)71)63(53)44-27-29-48(30-28-44)76-60-25-11-22-57(60)70(73,74)75)39-56(52)46-32-35-79(40-46)51-19-9-16-45(36-51)64-54(65(82)77-49-18-10-17-47(37-49)69(4,5)6)21-13-34-81(64)68(85)62-43(3)15-8-24-59(62)72/h7-10,14-19,23-24,26-30,36-39,46,53-54,57,60,63-64,76H,11-13,20-22,25,31-35,40H2,1-6H3,(H,77,82)(H,78,83)/t46?,53?,54?,57-,60?,63-,64-/m0/s1. The van der Waals surface area contributed by atoms with E-state index in [1.165, 1.54) is 17.7 Å². The molecule has 3 N–H and O–H groups in total. The van der Waals surface area contributed by atoms with Crippen molar-refractivity contribution >= 4 is 52.0 Å². The molecule has 15 heteroatoms. The number of anilines is 4. The zero-order valence-corrected chi connectivity index (χ0v) is 49.2. The number of rotatable bonds is 12. The first-order chi connectivity index (χ1) is 40.6. The van der Waals surface area contributed by atoms with Gasteiger partial charge in [-0.2, -0.15) is 13.2 Å². The van der Waals surface area contributed by atoms with Gasteiger partial charge in [0.15, 0.2) is 0 Å². The number of carbonyl (C=O) groups excluding carboxylic acids is 4. The Morgan fingerprint density at radius 1 is 0.576 bits per heavy atom. The number of hydrogen-bond donors (Lipinski definition) is 3. The molecule has 3 saturated heterocycles. The number of piperidine rings is 2. The Hall–Kier alpha value is -7.81. The molecule has 4 fully saturated rings. The number of alkyl halides is 3. The van der Waals surface area contributed by atoms with Crippen LogP contribution in [0, 0.1) is 43.2 Å². The van der Waals surface area contributed by atoms with Crippen LogP contribution in [-0.4, -0.2) is 71.8 Å². The van der Waals surface area contributed by atoms with Gasteiger partial charge in [0.05, 0.1) is 41.0 Å². The maximum absolute atomic E-state index is 15.7. The topological polar surface area (TPSA) is 114 Å². The summed E-state index contributed by atoms with van der Waals surface area (Å²) in [6, 6.07) is 33.7. The predicted molar refractivity (Wildman–Crippen MR) is 325 cm³/mol. The minimum absolute atomic E-state index is 0.00110. The molecule has 6 aromatic rings. The third-order valence-corrected chi connectivity index (χ3v) is 18.7. The number of halogens is 5. The van der Waals surface area contributed by atoms with Gasteiger partial charge >= 0.3 is 6.18 Å². The molecule has 1 saturated carbocycles. The second-order valence-electron chi connectivity index (χ2n) is 25.2. The van der Waals surface area contributed by atoms with E-state index in [0.29, 0.717) is 91.9 Å². The van der Waals surface area contributed by atoms with E-state index in [1.54, 1.807) is 72.2 Å². The Bertz CT molecular complexity index is 3530. The van der Waals surface area contributed by atoms with Crippen molar-refractivity contribution in [3.8, 4) is 0 Å². The molecule has 3 aliphatic heterocycles. The van der Waals surface area contributed by atoms with Gasteiger partial charge in [0.1, 0.15) is 11.6 Å². The van der Waals surface area contributed by atoms with Gasteiger partial charge in [0.25, 0.3) is 11.8 Å². The van der Waals surface area contributed by atoms with E-state index in [4.69, 9.17) is 0 Å². The van der Waals surface area contributed by atoms with E-state index < -0.39 is 65.5 Å². The highest BCUT2D eigenvalue weighted by molar-refractivity contribution is 6.00. The molecule has 11 rings (SSSR count). The van der Waals surface area contributed by atoms with Gasteiger partial charge in [-0.05, 0) is 188 Å². The first-order valence-electron chi connectivity index (χ1n) is 30.1. The van der Waals surface area contributed by atoms with Gasteiger partial charge in [-0.15, -0.1) is 0 Å². The maximum atomic E-state index is 15.7.